The monoisotopic (exact) mass is 466 g/mol. The third kappa shape index (κ3) is 5.27. The number of carbonyl (C=O) groups is 2. The molecule has 0 radical (unpaired) electrons. The zero-order valence-corrected chi connectivity index (χ0v) is 20.0. The molecule has 2 aromatic heterocycles. The molecule has 0 aliphatic heterocycles. The van der Waals surface area contributed by atoms with Crippen LogP contribution in [0.1, 0.15) is 59.7 Å². The van der Waals surface area contributed by atoms with Gasteiger partial charge in [-0.05, 0) is 66.0 Å². The van der Waals surface area contributed by atoms with E-state index in [1.807, 2.05) is 6.07 Å². The number of carbonyl (C=O) groups excluding carboxylic acids is 1. The Bertz CT molecular complexity index is 1180. The van der Waals surface area contributed by atoms with Gasteiger partial charge in [0.15, 0.2) is 0 Å². The van der Waals surface area contributed by atoms with E-state index in [0.717, 1.165) is 40.7 Å². The number of anilines is 1. The Morgan fingerprint density at radius 1 is 1.24 bits per heavy atom. The topological polar surface area (TPSA) is 117 Å². The molecule has 2 atom stereocenters. The van der Waals surface area contributed by atoms with Crippen LogP contribution < -0.4 is 16.4 Å². The maximum absolute atomic E-state index is 13.1. The van der Waals surface area contributed by atoms with Gasteiger partial charge < -0.3 is 21.5 Å². The number of hydrogen-bond acceptors (Lipinski definition) is 5. The van der Waals surface area contributed by atoms with Crippen molar-refractivity contribution < 1.29 is 14.7 Å². The molecule has 0 spiro atoms. The van der Waals surface area contributed by atoms with Crippen molar-refractivity contribution in [2.75, 3.05) is 12.3 Å². The molecule has 33 heavy (non-hydrogen) atoms. The van der Waals surface area contributed by atoms with Crippen LogP contribution in [0.5, 0.6) is 0 Å². The average Bonchev–Trinajstić information content (AvgIpc) is 3.17. The number of pyridine rings is 1. The number of aromatic nitrogens is 1. The molecule has 1 aromatic carbocycles. The predicted octanol–water partition coefficient (Wildman–Crippen LogP) is 4.77. The number of benzene rings is 1. The van der Waals surface area contributed by atoms with Crippen LogP contribution in [0.3, 0.4) is 0 Å². The summed E-state index contributed by atoms with van der Waals surface area (Å²) in [5.41, 5.74) is 9.82. The van der Waals surface area contributed by atoms with E-state index in [1.54, 1.807) is 24.3 Å². The maximum atomic E-state index is 13.1. The Morgan fingerprint density at radius 2 is 1.97 bits per heavy atom. The molecule has 7 nitrogen and oxygen atoms in total. The highest BCUT2D eigenvalue weighted by Gasteiger charge is 2.30. The molecule has 8 heteroatoms. The standard InChI is InChI=1S/C25H30N4O3S/c1-25(2,3)17-6-9-19-15(11-17)10-16-12-21(33-23(16)29-19)22(30)28-20(13-27-24(31)32)14-4-7-18(26)8-5-14/h4-5,7-8,10,12,17,20,27H,6,9,11,13,26H2,1-3H3,(H,28,30)(H,31,32)/t17-,20-/m1/s1. The minimum Gasteiger partial charge on any atom is -0.465 e. The van der Waals surface area contributed by atoms with Gasteiger partial charge in [0.25, 0.3) is 5.91 Å². The highest BCUT2D eigenvalue weighted by Crippen LogP contribution is 2.38. The first kappa shape index (κ1) is 23.0. The first-order valence-electron chi connectivity index (χ1n) is 11.2. The zero-order valence-electron chi connectivity index (χ0n) is 19.1. The fraction of sp³-hybridized carbons (Fsp3) is 0.400. The second kappa shape index (κ2) is 9.02. The van der Waals surface area contributed by atoms with E-state index >= 15 is 0 Å². The number of fused-ring (bicyclic) bond motifs is 2. The van der Waals surface area contributed by atoms with Crippen LogP contribution in [-0.2, 0) is 12.8 Å². The van der Waals surface area contributed by atoms with Crippen LogP contribution in [0.2, 0.25) is 0 Å². The van der Waals surface area contributed by atoms with Gasteiger partial charge in [-0.1, -0.05) is 32.9 Å². The first-order valence-corrected chi connectivity index (χ1v) is 12.0. The average molecular weight is 467 g/mol. The quantitative estimate of drug-likeness (QED) is 0.404. The summed E-state index contributed by atoms with van der Waals surface area (Å²) in [6.07, 6.45) is 1.97. The fourth-order valence-electron chi connectivity index (χ4n) is 4.37. The Balaban J connectivity index is 1.56. The van der Waals surface area contributed by atoms with Gasteiger partial charge in [-0.3, -0.25) is 4.79 Å². The molecule has 0 saturated carbocycles. The summed E-state index contributed by atoms with van der Waals surface area (Å²) in [4.78, 5) is 30.4. The summed E-state index contributed by atoms with van der Waals surface area (Å²) in [5, 5.41) is 15.3. The van der Waals surface area contributed by atoms with Crippen LogP contribution in [0.4, 0.5) is 10.5 Å². The number of amides is 2. The smallest absolute Gasteiger partial charge is 0.404 e. The van der Waals surface area contributed by atoms with Crippen molar-refractivity contribution in [1.29, 1.82) is 0 Å². The van der Waals surface area contributed by atoms with E-state index < -0.39 is 12.1 Å². The number of carboxylic acid groups (broad SMARTS) is 1. The minimum atomic E-state index is -1.14. The van der Waals surface area contributed by atoms with Crippen molar-refractivity contribution in [3.63, 3.8) is 0 Å². The van der Waals surface area contributed by atoms with Crippen molar-refractivity contribution >= 4 is 39.2 Å². The van der Waals surface area contributed by atoms with Crippen LogP contribution in [0.25, 0.3) is 10.2 Å². The van der Waals surface area contributed by atoms with Gasteiger partial charge in [0, 0.05) is 23.3 Å². The summed E-state index contributed by atoms with van der Waals surface area (Å²) >= 11 is 1.37. The van der Waals surface area contributed by atoms with E-state index in [4.69, 9.17) is 15.8 Å². The fourth-order valence-corrected chi connectivity index (χ4v) is 5.31. The number of aryl methyl sites for hydroxylation is 1. The van der Waals surface area contributed by atoms with E-state index in [9.17, 15) is 9.59 Å². The number of hydrogen-bond donors (Lipinski definition) is 4. The van der Waals surface area contributed by atoms with Crippen LogP contribution in [-0.4, -0.2) is 28.6 Å². The summed E-state index contributed by atoms with van der Waals surface area (Å²) < 4.78 is 0. The zero-order chi connectivity index (χ0) is 23.8. The molecule has 174 valence electrons. The molecular formula is C25H30N4O3S. The Kier molecular flexibility index (Phi) is 6.30. The largest absolute Gasteiger partial charge is 0.465 e. The summed E-state index contributed by atoms with van der Waals surface area (Å²) in [6.45, 7) is 6.92. The van der Waals surface area contributed by atoms with Gasteiger partial charge in [-0.25, -0.2) is 9.78 Å². The lowest BCUT2D eigenvalue weighted by molar-refractivity contribution is 0.0939. The van der Waals surface area contributed by atoms with E-state index in [2.05, 4.69) is 37.5 Å². The van der Waals surface area contributed by atoms with Crippen LogP contribution in [0, 0.1) is 11.3 Å². The van der Waals surface area contributed by atoms with E-state index in [0.29, 0.717) is 16.5 Å². The van der Waals surface area contributed by atoms with Crippen molar-refractivity contribution in [2.24, 2.45) is 11.3 Å². The molecule has 1 aliphatic carbocycles. The molecule has 0 saturated heterocycles. The molecule has 5 N–H and O–H groups in total. The van der Waals surface area contributed by atoms with E-state index in [-0.39, 0.29) is 17.9 Å². The van der Waals surface area contributed by atoms with Gasteiger partial charge >= 0.3 is 6.09 Å². The number of nitrogen functional groups attached to an aromatic ring is 1. The number of rotatable bonds is 5. The molecule has 0 bridgehead atoms. The molecule has 1 aliphatic rings. The molecule has 4 rings (SSSR count). The summed E-state index contributed by atoms with van der Waals surface area (Å²) in [5.74, 6) is 0.366. The maximum Gasteiger partial charge on any atom is 0.404 e. The normalized spacial score (nSPS) is 16.8. The predicted molar refractivity (Wildman–Crippen MR) is 132 cm³/mol. The van der Waals surface area contributed by atoms with Gasteiger partial charge in [0.05, 0.1) is 10.9 Å². The molecule has 0 fully saturated rings. The molecule has 2 amide bonds. The molecular weight excluding hydrogens is 436 g/mol. The van der Waals surface area contributed by atoms with Crippen LogP contribution in [0.15, 0.2) is 36.4 Å². The molecule has 0 unspecified atom stereocenters. The van der Waals surface area contributed by atoms with Crippen molar-refractivity contribution in [2.45, 2.75) is 46.1 Å². The van der Waals surface area contributed by atoms with Crippen LogP contribution >= 0.6 is 11.3 Å². The number of nitrogens with zero attached hydrogens (tertiary/aromatic N) is 1. The summed E-state index contributed by atoms with van der Waals surface area (Å²) in [6, 6.07) is 10.6. The van der Waals surface area contributed by atoms with Crippen molar-refractivity contribution in [3.05, 3.63) is 58.1 Å². The second-order valence-electron chi connectivity index (χ2n) is 9.78. The lowest BCUT2D eigenvalue weighted by Gasteiger charge is -2.34. The van der Waals surface area contributed by atoms with Crippen molar-refractivity contribution in [1.82, 2.24) is 15.6 Å². The SMILES string of the molecule is CC(C)(C)[C@@H]1CCc2nc3sc(C(=O)N[C@H](CNC(=O)O)c4ccc(N)cc4)cc3cc2C1. The number of nitrogens with one attached hydrogen (secondary N) is 2. The van der Waals surface area contributed by atoms with Crippen molar-refractivity contribution in [3.8, 4) is 0 Å². The Hall–Kier alpha value is -3.13. The first-order chi connectivity index (χ1) is 15.6. The van der Waals surface area contributed by atoms with E-state index in [1.165, 1.54) is 16.9 Å². The van der Waals surface area contributed by atoms with Gasteiger partial charge in [0.1, 0.15) is 4.83 Å². The number of thiophene rings is 1. The van der Waals surface area contributed by atoms with Gasteiger partial charge in [-0.2, -0.15) is 0 Å². The second-order valence-corrected chi connectivity index (χ2v) is 10.8. The molecule has 2 heterocycles. The Morgan fingerprint density at radius 3 is 2.64 bits per heavy atom. The Labute approximate surface area is 197 Å². The minimum absolute atomic E-state index is 0.0522. The summed E-state index contributed by atoms with van der Waals surface area (Å²) in [7, 11) is 0. The van der Waals surface area contributed by atoms with Gasteiger partial charge in [-0.15, -0.1) is 11.3 Å². The highest BCUT2D eigenvalue weighted by atomic mass is 32.1. The van der Waals surface area contributed by atoms with Gasteiger partial charge in [0.2, 0.25) is 0 Å². The lowest BCUT2D eigenvalue weighted by atomic mass is 9.71. The number of nitrogens with two attached hydrogens (primary N) is 1. The lowest BCUT2D eigenvalue weighted by Crippen LogP contribution is -2.37. The molecule has 3 aromatic rings. The third-order valence-corrected chi connectivity index (χ3v) is 7.47. The third-order valence-electron chi connectivity index (χ3n) is 6.42. The highest BCUT2D eigenvalue weighted by molar-refractivity contribution is 7.20.